The van der Waals surface area contributed by atoms with Crippen molar-refractivity contribution in [3.05, 3.63) is 40.3 Å². The lowest BCUT2D eigenvalue weighted by Gasteiger charge is -2.17. The predicted molar refractivity (Wildman–Crippen MR) is 122 cm³/mol. The van der Waals surface area contributed by atoms with Crippen molar-refractivity contribution in [2.24, 2.45) is 24.8 Å². The number of nitrogens with one attached hydrogen (secondary N) is 1. The highest BCUT2D eigenvalue weighted by atomic mass is 35.5. The third kappa shape index (κ3) is 4.33. The first-order chi connectivity index (χ1) is 15.1. The van der Waals surface area contributed by atoms with Crippen LogP contribution in [-0.2, 0) is 11.8 Å². The van der Waals surface area contributed by atoms with Crippen molar-refractivity contribution in [1.29, 1.82) is 0 Å². The molecule has 2 amide bonds. The number of carbonyl (C=O) groups is 2. The van der Waals surface area contributed by atoms with E-state index in [2.05, 4.69) is 10.4 Å². The number of aryl methyl sites for hydroxylation is 1. The SMILES string of the molecule is CN(C)C(=O)CC1CC2CC(c3nn(C)c(N)c3C(=O)Nc3ccc(F)c(Cl)c3)CC2C1. The molecule has 9 heteroatoms. The number of rotatable bonds is 5. The Morgan fingerprint density at radius 1 is 1.25 bits per heavy atom. The number of carbonyl (C=O) groups excluding carboxylic acids is 2. The lowest BCUT2D eigenvalue weighted by molar-refractivity contribution is -0.129. The number of nitrogen functional groups attached to an aromatic ring is 1. The van der Waals surface area contributed by atoms with Crippen LogP contribution >= 0.6 is 11.6 Å². The predicted octanol–water partition coefficient (Wildman–Crippen LogP) is 4.05. The number of nitrogens with zero attached hydrogens (tertiary/aromatic N) is 3. The molecule has 0 bridgehead atoms. The number of hydrogen-bond donors (Lipinski definition) is 2. The van der Waals surface area contributed by atoms with Crippen LogP contribution in [0.15, 0.2) is 18.2 Å². The minimum absolute atomic E-state index is 0.0619. The van der Waals surface area contributed by atoms with Crippen molar-refractivity contribution in [3.8, 4) is 0 Å². The van der Waals surface area contributed by atoms with Crippen LogP contribution in [0.1, 0.15) is 54.1 Å². The molecule has 32 heavy (non-hydrogen) atoms. The third-order valence-corrected chi connectivity index (χ3v) is 7.27. The quantitative estimate of drug-likeness (QED) is 0.702. The minimum Gasteiger partial charge on any atom is -0.383 e. The largest absolute Gasteiger partial charge is 0.383 e. The second-order valence-electron chi connectivity index (χ2n) is 9.37. The number of fused-ring (bicyclic) bond motifs is 1. The first kappa shape index (κ1) is 22.6. The second-order valence-corrected chi connectivity index (χ2v) is 9.78. The molecule has 1 aromatic carbocycles. The van der Waals surface area contributed by atoms with Gasteiger partial charge in [-0.25, -0.2) is 4.39 Å². The van der Waals surface area contributed by atoms with Gasteiger partial charge in [0.05, 0.1) is 10.7 Å². The molecule has 2 fully saturated rings. The van der Waals surface area contributed by atoms with E-state index in [0.717, 1.165) is 25.7 Å². The van der Waals surface area contributed by atoms with E-state index in [4.69, 9.17) is 17.3 Å². The normalized spacial score (nSPS) is 24.4. The smallest absolute Gasteiger partial charge is 0.261 e. The van der Waals surface area contributed by atoms with Crippen molar-refractivity contribution < 1.29 is 14.0 Å². The van der Waals surface area contributed by atoms with Gasteiger partial charge >= 0.3 is 0 Å². The number of anilines is 2. The molecule has 3 N–H and O–H groups in total. The summed E-state index contributed by atoms with van der Waals surface area (Å²) in [4.78, 5) is 26.8. The van der Waals surface area contributed by atoms with Gasteiger partial charge in [0.2, 0.25) is 5.91 Å². The molecule has 2 aliphatic carbocycles. The average Bonchev–Trinajstić information content (AvgIpc) is 3.36. The van der Waals surface area contributed by atoms with E-state index >= 15 is 0 Å². The minimum atomic E-state index is -0.547. The molecule has 4 rings (SSSR count). The van der Waals surface area contributed by atoms with Crippen LogP contribution in [0.3, 0.4) is 0 Å². The van der Waals surface area contributed by atoms with Gasteiger partial charge in [0.25, 0.3) is 5.91 Å². The maximum absolute atomic E-state index is 13.4. The molecule has 2 unspecified atom stereocenters. The van der Waals surface area contributed by atoms with E-state index in [-0.39, 0.29) is 22.8 Å². The molecule has 172 valence electrons. The van der Waals surface area contributed by atoms with E-state index in [9.17, 15) is 14.0 Å². The van der Waals surface area contributed by atoms with Crippen LogP contribution < -0.4 is 11.1 Å². The number of aromatic nitrogens is 2. The van der Waals surface area contributed by atoms with Gasteiger partial charge in [0, 0.05) is 39.2 Å². The summed E-state index contributed by atoms with van der Waals surface area (Å²) in [5.74, 6) is 1.22. The third-order valence-electron chi connectivity index (χ3n) is 6.99. The zero-order chi connectivity index (χ0) is 23.2. The molecule has 0 aliphatic heterocycles. The van der Waals surface area contributed by atoms with Crippen molar-refractivity contribution in [2.45, 2.75) is 38.0 Å². The second kappa shape index (κ2) is 8.73. The Bertz CT molecular complexity index is 1040. The highest BCUT2D eigenvalue weighted by Crippen LogP contribution is 2.53. The van der Waals surface area contributed by atoms with Crippen molar-refractivity contribution in [3.63, 3.8) is 0 Å². The summed E-state index contributed by atoms with van der Waals surface area (Å²) in [7, 11) is 5.32. The number of hydrogen-bond acceptors (Lipinski definition) is 4. The summed E-state index contributed by atoms with van der Waals surface area (Å²) in [5, 5.41) is 7.29. The number of nitrogens with two attached hydrogens (primary N) is 1. The molecule has 2 saturated carbocycles. The average molecular weight is 462 g/mol. The zero-order valence-electron chi connectivity index (χ0n) is 18.6. The molecular formula is C23H29ClFN5O2. The van der Waals surface area contributed by atoms with Crippen molar-refractivity contribution >= 4 is 34.9 Å². The first-order valence-electron chi connectivity index (χ1n) is 10.9. The van der Waals surface area contributed by atoms with Crippen LogP contribution in [0.5, 0.6) is 0 Å². The molecule has 0 saturated heterocycles. The molecule has 2 aromatic rings. The molecule has 1 aromatic heterocycles. The van der Waals surface area contributed by atoms with Crippen LogP contribution in [0.25, 0.3) is 0 Å². The Morgan fingerprint density at radius 3 is 2.50 bits per heavy atom. The van der Waals surface area contributed by atoms with Crippen LogP contribution in [0, 0.1) is 23.6 Å². The summed E-state index contributed by atoms with van der Waals surface area (Å²) >= 11 is 5.84. The van der Waals surface area contributed by atoms with Crippen molar-refractivity contribution in [1.82, 2.24) is 14.7 Å². The van der Waals surface area contributed by atoms with Gasteiger partial charge in [0.1, 0.15) is 17.2 Å². The fourth-order valence-electron chi connectivity index (χ4n) is 5.41. The van der Waals surface area contributed by atoms with Gasteiger partial charge in [0.15, 0.2) is 0 Å². The van der Waals surface area contributed by atoms with Gasteiger partial charge in [-0.05, 0) is 61.6 Å². The fraction of sp³-hybridized carbons (Fsp3) is 0.522. The van der Waals surface area contributed by atoms with E-state index < -0.39 is 5.82 Å². The van der Waals surface area contributed by atoms with Crippen LogP contribution in [0.4, 0.5) is 15.9 Å². The highest BCUT2D eigenvalue weighted by molar-refractivity contribution is 6.31. The van der Waals surface area contributed by atoms with Gasteiger partial charge < -0.3 is 16.0 Å². The van der Waals surface area contributed by atoms with E-state index in [0.29, 0.717) is 46.9 Å². The van der Waals surface area contributed by atoms with Gasteiger partial charge in [-0.1, -0.05) is 11.6 Å². The highest BCUT2D eigenvalue weighted by Gasteiger charge is 2.44. The summed E-state index contributed by atoms with van der Waals surface area (Å²) < 4.78 is 15.0. The Labute approximate surface area is 192 Å². The Morgan fingerprint density at radius 2 is 1.91 bits per heavy atom. The molecule has 0 spiro atoms. The topological polar surface area (TPSA) is 93.2 Å². The van der Waals surface area contributed by atoms with Crippen LogP contribution in [0.2, 0.25) is 5.02 Å². The first-order valence-corrected chi connectivity index (χ1v) is 11.3. The number of benzene rings is 1. The van der Waals surface area contributed by atoms with E-state index in [1.165, 1.54) is 22.9 Å². The summed E-state index contributed by atoms with van der Waals surface area (Å²) in [6.45, 7) is 0. The number of amides is 2. The standard InChI is InChI=1S/C23H29ClFN5O2/c1-29(2)19(31)8-12-6-13-9-15(10-14(13)7-12)21-20(22(26)30(3)28-21)23(32)27-16-4-5-18(25)17(24)11-16/h4-5,11-15H,6-10,26H2,1-3H3,(H,27,32). The summed E-state index contributed by atoms with van der Waals surface area (Å²) in [6.07, 6.45) is 4.57. The maximum Gasteiger partial charge on any atom is 0.261 e. The zero-order valence-corrected chi connectivity index (χ0v) is 19.3. The molecule has 1 heterocycles. The molecule has 2 aliphatic rings. The monoisotopic (exact) mass is 461 g/mol. The molecule has 2 atom stereocenters. The lowest BCUT2D eigenvalue weighted by Crippen LogP contribution is -2.23. The lowest BCUT2D eigenvalue weighted by atomic mass is 9.92. The van der Waals surface area contributed by atoms with Gasteiger partial charge in [-0.3, -0.25) is 14.3 Å². The van der Waals surface area contributed by atoms with E-state index in [1.807, 2.05) is 0 Å². The fourth-order valence-corrected chi connectivity index (χ4v) is 5.59. The Balaban J connectivity index is 1.48. The van der Waals surface area contributed by atoms with Crippen LogP contribution in [-0.4, -0.2) is 40.6 Å². The summed E-state index contributed by atoms with van der Waals surface area (Å²) in [5.41, 5.74) is 7.69. The molecular weight excluding hydrogens is 433 g/mol. The Hall–Kier alpha value is -2.61. The van der Waals surface area contributed by atoms with Crippen molar-refractivity contribution in [2.75, 3.05) is 25.1 Å². The van der Waals surface area contributed by atoms with Gasteiger partial charge in [-0.2, -0.15) is 5.10 Å². The molecule has 0 radical (unpaired) electrons. The molecule has 7 nitrogen and oxygen atoms in total. The maximum atomic E-state index is 13.4. The van der Waals surface area contributed by atoms with Gasteiger partial charge in [-0.15, -0.1) is 0 Å². The number of halogens is 2. The Kier molecular flexibility index (Phi) is 6.16. The van der Waals surface area contributed by atoms with E-state index in [1.54, 1.807) is 26.0 Å². The summed E-state index contributed by atoms with van der Waals surface area (Å²) in [6, 6.07) is 4.04.